The third-order valence-electron chi connectivity index (χ3n) is 5.19. The molecule has 0 atom stereocenters. The number of hydrogen-bond acceptors (Lipinski definition) is 6. The van der Waals surface area contributed by atoms with Gasteiger partial charge in [-0.2, -0.15) is 0 Å². The molecule has 1 aliphatic carbocycles. The summed E-state index contributed by atoms with van der Waals surface area (Å²) in [6.45, 7) is 1.93. The van der Waals surface area contributed by atoms with Crippen LogP contribution < -0.4 is 10.9 Å². The van der Waals surface area contributed by atoms with E-state index in [2.05, 4.69) is 10.3 Å². The molecule has 0 spiro atoms. The van der Waals surface area contributed by atoms with Crippen LogP contribution in [0.5, 0.6) is 0 Å². The molecule has 0 radical (unpaired) electrons. The van der Waals surface area contributed by atoms with Gasteiger partial charge in [-0.1, -0.05) is 6.42 Å². The normalized spacial score (nSPS) is 13.5. The Bertz CT molecular complexity index is 1150. The number of carbonyl (C=O) groups excluding carboxylic acids is 2. The minimum atomic E-state index is -0.406. The molecule has 1 aromatic carbocycles. The van der Waals surface area contributed by atoms with Crippen LogP contribution >= 0.6 is 11.3 Å². The Balaban J connectivity index is 1.50. The zero-order chi connectivity index (χ0) is 21.1. The van der Waals surface area contributed by atoms with Gasteiger partial charge < -0.3 is 10.1 Å². The second-order valence-corrected chi connectivity index (χ2v) is 8.35. The largest absolute Gasteiger partial charge is 0.462 e. The molecule has 3 aromatic rings. The number of hydrogen-bond donors (Lipinski definition) is 1. The number of nitrogens with one attached hydrogen (secondary N) is 1. The lowest BCUT2D eigenvalue weighted by atomic mass is 10.1. The number of nitrogens with zero attached hydrogens (tertiary/aromatic N) is 2. The second kappa shape index (κ2) is 8.79. The number of aromatic nitrogens is 2. The Labute approximate surface area is 177 Å². The van der Waals surface area contributed by atoms with Crippen molar-refractivity contribution < 1.29 is 14.3 Å². The molecule has 2 aromatic heterocycles. The van der Waals surface area contributed by atoms with E-state index in [1.54, 1.807) is 42.5 Å². The van der Waals surface area contributed by atoms with Gasteiger partial charge in [0.1, 0.15) is 11.4 Å². The molecule has 156 valence electrons. The van der Waals surface area contributed by atoms with Crippen LogP contribution in [0.25, 0.3) is 10.2 Å². The lowest BCUT2D eigenvalue weighted by molar-refractivity contribution is -0.116. The first kappa shape index (κ1) is 20.3. The topological polar surface area (TPSA) is 90.3 Å². The maximum Gasteiger partial charge on any atom is 0.338 e. The first-order chi connectivity index (χ1) is 14.6. The molecule has 1 amide bonds. The second-order valence-electron chi connectivity index (χ2n) is 7.27. The Morgan fingerprint density at radius 1 is 1.17 bits per heavy atom. The zero-order valence-corrected chi connectivity index (χ0v) is 17.6. The molecule has 1 N–H and O–H groups in total. The van der Waals surface area contributed by atoms with E-state index in [0.29, 0.717) is 23.2 Å². The van der Waals surface area contributed by atoms with Crippen molar-refractivity contribution in [1.82, 2.24) is 9.55 Å². The maximum atomic E-state index is 13.0. The van der Waals surface area contributed by atoms with E-state index in [-0.39, 0.29) is 18.0 Å². The molecule has 0 aliphatic heterocycles. The fourth-order valence-electron chi connectivity index (χ4n) is 3.73. The van der Waals surface area contributed by atoms with Crippen LogP contribution in [-0.4, -0.2) is 28.0 Å². The van der Waals surface area contributed by atoms with Gasteiger partial charge in [-0.05, 0) is 62.4 Å². The Hall–Kier alpha value is -3.00. The predicted octanol–water partition coefficient (Wildman–Crippen LogP) is 3.54. The highest BCUT2D eigenvalue weighted by atomic mass is 32.1. The Morgan fingerprint density at radius 3 is 2.70 bits per heavy atom. The van der Waals surface area contributed by atoms with Gasteiger partial charge in [-0.3, -0.25) is 14.2 Å². The summed E-state index contributed by atoms with van der Waals surface area (Å²) in [4.78, 5) is 43.7. The molecule has 0 saturated heterocycles. The summed E-state index contributed by atoms with van der Waals surface area (Å²) in [6, 6.07) is 6.45. The third-order valence-corrected chi connectivity index (χ3v) is 6.39. The van der Waals surface area contributed by atoms with Gasteiger partial charge in [0.2, 0.25) is 5.91 Å². The first-order valence-electron chi connectivity index (χ1n) is 10.1. The monoisotopic (exact) mass is 425 g/mol. The fraction of sp³-hybridized carbons (Fsp3) is 0.364. The molecular formula is C22H23N3O4S. The van der Waals surface area contributed by atoms with Crippen molar-refractivity contribution >= 4 is 39.1 Å². The average Bonchev–Trinajstić information content (AvgIpc) is 2.93. The summed E-state index contributed by atoms with van der Waals surface area (Å²) in [5.74, 6) is -0.736. The van der Waals surface area contributed by atoms with E-state index in [0.717, 1.165) is 36.1 Å². The van der Waals surface area contributed by atoms with Crippen molar-refractivity contribution in [2.75, 3.05) is 11.9 Å². The number of thiophene rings is 1. The molecule has 0 unspecified atom stereocenters. The van der Waals surface area contributed by atoms with Gasteiger partial charge >= 0.3 is 5.97 Å². The number of rotatable bonds is 5. The number of anilines is 1. The molecule has 7 nitrogen and oxygen atoms in total. The van der Waals surface area contributed by atoms with Crippen molar-refractivity contribution in [3.63, 3.8) is 0 Å². The lowest BCUT2D eigenvalue weighted by Gasteiger charge is -2.08. The van der Waals surface area contributed by atoms with Crippen LogP contribution in [0.4, 0.5) is 5.69 Å². The highest BCUT2D eigenvalue weighted by Crippen LogP contribution is 2.32. The minimum absolute atomic E-state index is 0.119. The molecule has 2 heterocycles. The van der Waals surface area contributed by atoms with E-state index in [1.165, 1.54) is 22.2 Å². The quantitative estimate of drug-likeness (QED) is 0.499. The molecule has 0 fully saturated rings. The van der Waals surface area contributed by atoms with E-state index in [9.17, 15) is 14.4 Å². The van der Waals surface area contributed by atoms with E-state index in [4.69, 9.17) is 4.74 Å². The summed E-state index contributed by atoms with van der Waals surface area (Å²) in [7, 11) is 0. The van der Waals surface area contributed by atoms with Crippen LogP contribution in [0.3, 0.4) is 0 Å². The summed E-state index contributed by atoms with van der Waals surface area (Å²) in [6.07, 6.45) is 6.74. The van der Waals surface area contributed by atoms with Crippen molar-refractivity contribution in [1.29, 1.82) is 0 Å². The molecule has 8 heteroatoms. The maximum absolute atomic E-state index is 13.0. The summed E-state index contributed by atoms with van der Waals surface area (Å²) in [5, 5.41) is 3.43. The van der Waals surface area contributed by atoms with Gasteiger partial charge in [0.05, 0.1) is 23.9 Å². The number of esters is 1. The highest BCUT2D eigenvalue weighted by molar-refractivity contribution is 7.18. The van der Waals surface area contributed by atoms with E-state index >= 15 is 0 Å². The third kappa shape index (κ3) is 4.14. The molecule has 0 bridgehead atoms. The SMILES string of the molecule is CCOC(=O)c1ccc(NC(=O)Cn2cnc3sc4c(c3c2=O)CCCCC4)cc1. The molecule has 4 rings (SSSR count). The van der Waals surface area contributed by atoms with Gasteiger partial charge in [-0.15, -0.1) is 11.3 Å². The number of amides is 1. The highest BCUT2D eigenvalue weighted by Gasteiger charge is 2.19. The average molecular weight is 426 g/mol. The van der Waals surface area contributed by atoms with Gasteiger partial charge in [0.25, 0.3) is 5.56 Å². The number of carbonyl (C=O) groups is 2. The van der Waals surface area contributed by atoms with E-state index < -0.39 is 5.97 Å². The fourth-order valence-corrected chi connectivity index (χ4v) is 4.95. The summed E-state index contributed by atoms with van der Waals surface area (Å²) < 4.78 is 6.31. The van der Waals surface area contributed by atoms with Gasteiger partial charge in [0.15, 0.2) is 0 Å². The number of fused-ring (bicyclic) bond motifs is 3. The molecule has 1 aliphatic rings. The molecular weight excluding hydrogens is 402 g/mol. The Morgan fingerprint density at radius 2 is 1.93 bits per heavy atom. The van der Waals surface area contributed by atoms with Crippen LogP contribution in [0.15, 0.2) is 35.4 Å². The number of ether oxygens (including phenoxy) is 1. The molecule has 30 heavy (non-hydrogen) atoms. The molecule has 0 saturated carbocycles. The minimum Gasteiger partial charge on any atom is -0.462 e. The number of aryl methyl sites for hydroxylation is 2. The zero-order valence-electron chi connectivity index (χ0n) is 16.8. The van der Waals surface area contributed by atoms with E-state index in [1.807, 2.05) is 0 Å². The van der Waals surface area contributed by atoms with Crippen molar-refractivity contribution in [3.8, 4) is 0 Å². The van der Waals surface area contributed by atoms with Crippen molar-refractivity contribution in [3.05, 3.63) is 57.0 Å². The van der Waals surface area contributed by atoms with Crippen molar-refractivity contribution in [2.24, 2.45) is 0 Å². The predicted molar refractivity (Wildman–Crippen MR) is 116 cm³/mol. The van der Waals surface area contributed by atoms with Crippen LogP contribution in [0.2, 0.25) is 0 Å². The van der Waals surface area contributed by atoms with Crippen LogP contribution in [-0.2, 0) is 28.9 Å². The van der Waals surface area contributed by atoms with Gasteiger partial charge in [-0.25, -0.2) is 9.78 Å². The van der Waals surface area contributed by atoms with Crippen LogP contribution in [0.1, 0.15) is 47.0 Å². The first-order valence-corrected chi connectivity index (χ1v) is 10.9. The number of benzene rings is 1. The smallest absolute Gasteiger partial charge is 0.338 e. The lowest BCUT2D eigenvalue weighted by Crippen LogP contribution is -2.28. The summed E-state index contributed by atoms with van der Waals surface area (Å²) in [5.41, 5.74) is 1.92. The van der Waals surface area contributed by atoms with Crippen molar-refractivity contribution in [2.45, 2.75) is 45.6 Å². The standard InChI is InChI=1S/C22H23N3O4S/c1-2-29-22(28)14-8-10-15(11-9-14)24-18(26)12-25-13-23-20-19(21(25)27)16-6-4-3-5-7-17(16)30-20/h8-11,13H,2-7,12H2,1H3,(H,24,26). The van der Waals surface area contributed by atoms with Crippen LogP contribution in [0, 0.1) is 0 Å². The Kier molecular flexibility index (Phi) is 5.94. The summed E-state index contributed by atoms with van der Waals surface area (Å²) >= 11 is 1.60. The van der Waals surface area contributed by atoms with Gasteiger partial charge in [0, 0.05) is 10.6 Å².